The quantitative estimate of drug-likeness (QED) is 0.516. The van der Waals surface area contributed by atoms with Crippen LogP contribution in [0.1, 0.15) is 11.1 Å². The molecule has 2 aromatic carbocycles. The molecule has 2 aromatic heterocycles. The van der Waals surface area contributed by atoms with Crippen LogP contribution < -0.4 is 15.8 Å². The lowest BCUT2D eigenvalue weighted by atomic mass is 10.1. The van der Waals surface area contributed by atoms with Gasteiger partial charge in [0.05, 0.1) is 18.3 Å². The van der Waals surface area contributed by atoms with Gasteiger partial charge in [0.15, 0.2) is 0 Å². The first-order chi connectivity index (χ1) is 14.2. The van der Waals surface area contributed by atoms with Gasteiger partial charge in [-0.15, -0.1) is 0 Å². The monoisotopic (exact) mass is 381 g/mol. The summed E-state index contributed by atoms with van der Waals surface area (Å²) < 4.78 is 5.90. The van der Waals surface area contributed by atoms with Crippen LogP contribution in [0.4, 0.5) is 11.5 Å². The molecule has 6 heteroatoms. The van der Waals surface area contributed by atoms with Gasteiger partial charge in [-0.05, 0) is 61.0 Å². The Labute approximate surface area is 168 Å². The molecule has 2 heterocycles. The highest BCUT2D eigenvalue weighted by Crippen LogP contribution is 2.29. The number of nitrogens with two attached hydrogens (primary N) is 1. The molecule has 0 atom stereocenters. The molecule has 0 unspecified atom stereocenters. The predicted octanol–water partition coefficient (Wildman–Crippen LogP) is 4.18. The van der Waals surface area contributed by atoms with E-state index in [4.69, 9.17) is 10.5 Å². The van der Waals surface area contributed by atoms with E-state index in [0.717, 1.165) is 33.5 Å². The first-order valence-corrected chi connectivity index (χ1v) is 9.12. The van der Waals surface area contributed by atoms with Gasteiger partial charge in [-0.3, -0.25) is 4.98 Å². The number of benzene rings is 2. The minimum absolute atomic E-state index is 0.321. The van der Waals surface area contributed by atoms with Crippen LogP contribution in [0.25, 0.3) is 10.9 Å². The summed E-state index contributed by atoms with van der Waals surface area (Å²) in [5.41, 5.74) is 9.08. The summed E-state index contributed by atoms with van der Waals surface area (Å²) >= 11 is 0. The molecular weight excluding hydrogens is 362 g/mol. The number of hydrogen-bond donors (Lipinski definition) is 2. The average molecular weight is 381 g/mol. The van der Waals surface area contributed by atoms with Gasteiger partial charge < -0.3 is 15.8 Å². The highest BCUT2D eigenvalue weighted by Gasteiger charge is 2.07. The molecule has 3 N–H and O–H groups in total. The van der Waals surface area contributed by atoms with Gasteiger partial charge in [-0.25, -0.2) is 9.97 Å². The van der Waals surface area contributed by atoms with Gasteiger partial charge >= 0.3 is 0 Å². The molecule has 4 rings (SSSR count). The van der Waals surface area contributed by atoms with E-state index in [1.165, 1.54) is 0 Å². The Kier molecular flexibility index (Phi) is 5.32. The fourth-order valence-electron chi connectivity index (χ4n) is 2.90. The first kappa shape index (κ1) is 18.4. The summed E-state index contributed by atoms with van der Waals surface area (Å²) in [5, 5.41) is 4.26. The molecule has 0 radical (unpaired) electrons. The molecule has 4 aromatic rings. The van der Waals surface area contributed by atoms with Crippen LogP contribution in [0.15, 0.2) is 67.3 Å². The lowest BCUT2D eigenvalue weighted by molar-refractivity contribution is 0.476. The largest absolute Gasteiger partial charge is 0.455 e. The third-order valence-electron chi connectivity index (χ3n) is 4.27. The smallest absolute Gasteiger partial charge is 0.145 e. The van der Waals surface area contributed by atoms with Gasteiger partial charge in [-0.2, -0.15) is 0 Å². The van der Waals surface area contributed by atoms with E-state index >= 15 is 0 Å². The number of nitrogens with zero attached hydrogens (tertiary/aromatic N) is 3. The van der Waals surface area contributed by atoms with E-state index in [1.54, 1.807) is 18.7 Å². The minimum atomic E-state index is 0.321. The van der Waals surface area contributed by atoms with Gasteiger partial charge in [0, 0.05) is 22.8 Å². The lowest BCUT2D eigenvalue weighted by Crippen LogP contribution is -1.97. The Morgan fingerprint density at radius 3 is 2.83 bits per heavy atom. The number of pyridine rings is 1. The third-order valence-corrected chi connectivity index (χ3v) is 4.27. The topological polar surface area (TPSA) is 86.0 Å². The fourth-order valence-corrected chi connectivity index (χ4v) is 2.90. The van der Waals surface area contributed by atoms with E-state index in [1.807, 2.05) is 55.5 Å². The molecule has 142 valence electrons. The van der Waals surface area contributed by atoms with Crippen LogP contribution in [0, 0.1) is 18.8 Å². The Hall–Kier alpha value is -3.95. The summed E-state index contributed by atoms with van der Waals surface area (Å²) in [7, 11) is 0. The molecule has 0 fully saturated rings. The third kappa shape index (κ3) is 4.32. The molecular formula is C23H19N5O. The van der Waals surface area contributed by atoms with Crippen LogP contribution >= 0.6 is 0 Å². The molecule has 0 saturated heterocycles. The molecule has 0 spiro atoms. The van der Waals surface area contributed by atoms with Crippen LogP contribution in [-0.2, 0) is 0 Å². The zero-order valence-electron chi connectivity index (χ0n) is 15.9. The van der Waals surface area contributed by atoms with Crippen molar-refractivity contribution in [2.24, 2.45) is 5.73 Å². The van der Waals surface area contributed by atoms with Gasteiger partial charge in [0.1, 0.15) is 23.6 Å². The summed E-state index contributed by atoms with van der Waals surface area (Å²) in [5.74, 6) is 8.10. The van der Waals surface area contributed by atoms with Crippen molar-refractivity contribution in [3.8, 4) is 23.3 Å². The van der Waals surface area contributed by atoms with E-state index in [0.29, 0.717) is 18.1 Å². The number of aromatic nitrogens is 3. The van der Waals surface area contributed by atoms with Crippen molar-refractivity contribution in [1.29, 1.82) is 0 Å². The SMILES string of the molecule is Cc1cc(Nc2ncnc3ccc(C#CCN)cc23)ccc1Oc1cccnc1. The highest BCUT2D eigenvalue weighted by molar-refractivity contribution is 5.91. The summed E-state index contributed by atoms with van der Waals surface area (Å²) in [6.07, 6.45) is 4.94. The number of anilines is 2. The van der Waals surface area contributed by atoms with E-state index in [9.17, 15) is 0 Å². The van der Waals surface area contributed by atoms with Crippen molar-refractivity contribution in [2.45, 2.75) is 6.92 Å². The normalized spacial score (nSPS) is 10.3. The van der Waals surface area contributed by atoms with Crippen molar-refractivity contribution in [1.82, 2.24) is 15.0 Å². The number of fused-ring (bicyclic) bond motifs is 1. The summed E-state index contributed by atoms with van der Waals surface area (Å²) in [6, 6.07) is 15.4. The van der Waals surface area contributed by atoms with Crippen LogP contribution in [0.3, 0.4) is 0 Å². The second kappa shape index (κ2) is 8.38. The van der Waals surface area contributed by atoms with Crippen molar-refractivity contribution in [3.05, 3.63) is 78.4 Å². The molecule has 0 bridgehead atoms. The van der Waals surface area contributed by atoms with Crippen molar-refractivity contribution >= 4 is 22.4 Å². The molecule has 0 aliphatic heterocycles. The number of aryl methyl sites for hydroxylation is 1. The molecule has 0 aliphatic rings. The number of hydrogen-bond acceptors (Lipinski definition) is 6. The maximum atomic E-state index is 5.90. The maximum absolute atomic E-state index is 5.90. The average Bonchev–Trinajstić information content (AvgIpc) is 2.75. The number of ether oxygens (including phenoxy) is 1. The Morgan fingerprint density at radius 1 is 1.10 bits per heavy atom. The van der Waals surface area contributed by atoms with E-state index in [-0.39, 0.29) is 0 Å². The molecule has 29 heavy (non-hydrogen) atoms. The Balaban J connectivity index is 1.62. The number of rotatable bonds is 4. The van der Waals surface area contributed by atoms with E-state index in [2.05, 4.69) is 32.1 Å². The van der Waals surface area contributed by atoms with E-state index < -0.39 is 0 Å². The molecule has 0 amide bonds. The summed E-state index contributed by atoms with van der Waals surface area (Å²) in [4.78, 5) is 12.8. The first-order valence-electron chi connectivity index (χ1n) is 9.12. The standard InChI is InChI=1S/C23H19N5O/c1-16-12-18(7-9-22(16)29-19-5-3-11-25-14-19)28-23-20-13-17(4-2-10-24)6-8-21(20)26-15-27-23/h3,5-9,11-15H,10,24H2,1H3,(H,26,27,28). The molecule has 0 saturated carbocycles. The van der Waals surface area contributed by atoms with Gasteiger partial charge in [-0.1, -0.05) is 11.8 Å². The fraction of sp³-hybridized carbons (Fsp3) is 0.0870. The second-order valence-corrected chi connectivity index (χ2v) is 6.36. The van der Waals surface area contributed by atoms with Crippen LogP contribution in [-0.4, -0.2) is 21.5 Å². The Bertz CT molecular complexity index is 1210. The zero-order chi connectivity index (χ0) is 20.1. The zero-order valence-corrected chi connectivity index (χ0v) is 15.9. The van der Waals surface area contributed by atoms with Crippen molar-refractivity contribution in [2.75, 3.05) is 11.9 Å². The predicted molar refractivity (Wildman–Crippen MR) is 114 cm³/mol. The van der Waals surface area contributed by atoms with Crippen molar-refractivity contribution < 1.29 is 4.74 Å². The Morgan fingerprint density at radius 2 is 2.03 bits per heavy atom. The second-order valence-electron chi connectivity index (χ2n) is 6.36. The van der Waals surface area contributed by atoms with Gasteiger partial charge in [0.25, 0.3) is 0 Å². The summed E-state index contributed by atoms with van der Waals surface area (Å²) in [6.45, 7) is 2.32. The minimum Gasteiger partial charge on any atom is -0.455 e. The van der Waals surface area contributed by atoms with Crippen LogP contribution in [0.2, 0.25) is 0 Å². The number of nitrogens with one attached hydrogen (secondary N) is 1. The van der Waals surface area contributed by atoms with Crippen LogP contribution in [0.5, 0.6) is 11.5 Å². The highest BCUT2D eigenvalue weighted by atomic mass is 16.5. The molecule has 0 aliphatic carbocycles. The van der Waals surface area contributed by atoms with Crippen molar-refractivity contribution in [3.63, 3.8) is 0 Å². The maximum Gasteiger partial charge on any atom is 0.145 e. The molecule has 6 nitrogen and oxygen atoms in total. The lowest BCUT2D eigenvalue weighted by Gasteiger charge is -2.12. The van der Waals surface area contributed by atoms with Gasteiger partial charge in [0.2, 0.25) is 0 Å².